The first kappa shape index (κ1) is 9.14. The van der Waals surface area contributed by atoms with Gasteiger partial charge in [0.2, 0.25) is 0 Å². The van der Waals surface area contributed by atoms with Crippen LogP contribution in [-0.2, 0) is 0 Å². The van der Waals surface area contributed by atoms with Crippen LogP contribution in [0, 0.1) is 0 Å². The average Bonchev–Trinajstić information content (AvgIpc) is 1.95. The van der Waals surface area contributed by atoms with E-state index in [1.165, 1.54) is 18.1 Å². The van der Waals surface area contributed by atoms with Crippen molar-refractivity contribution >= 4 is 8.24 Å². The third kappa shape index (κ3) is 2.08. The van der Waals surface area contributed by atoms with E-state index in [9.17, 15) is 0 Å². The molecule has 3 heteroatoms. The topological polar surface area (TPSA) is 38.0 Å². The maximum atomic E-state index is 5.45. The molecule has 0 aliphatic rings. The molecule has 0 bridgehead atoms. The minimum atomic E-state index is -1.16. The van der Waals surface area contributed by atoms with Crippen molar-refractivity contribution in [2.24, 2.45) is 5.84 Å². The molecule has 56 valence electrons. The zero-order chi connectivity index (χ0) is 7.33. The number of hydrogen-bond donors (Lipinski definition) is 2. The summed E-state index contributed by atoms with van der Waals surface area (Å²) >= 11 is 0. The second kappa shape index (κ2) is 4.03. The third-order valence-corrected chi connectivity index (χ3v) is 7.01. The van der Waals surface area contributed by atoms with Gasteiger partial charge in [0.1, 0.15) is 8.24 Å². The summed E-state index contributed by atoms with van der Waals surface area (Å²) in [5.74, 6) is 5.45. The molecule has 0 fully saturated rings. The highest BCUT2D eigenvalue weighted by atomic mass is 28.3. The van der Waals surface area contributed by atoms with E-state index in [4.69, 9.17) is 5.84 Å². The van der Waals surface area contributed by atoms with Crippen LogP contribution < -0.4 is 10.9 Å². The van der Waals surface area contributed by atoms with Gasteiger partial charge in [-0.1, -0.05) is 20.8 Å². The van der Waals surface area contributed by atoms with Crippen molar-refractivity contribution in [3.8, 4) is 0 Å². The predicted octanol–water partition coefficient (Wildman–Crippen LogP) is 1.45. The predicted molar refractivity (Wildman–Crippen MR) is 44.5 cm³/mol. The smallest absolute Gasteiger partial charge is 0.140 e. The van der Waals surface area contributed by atoms with Gasteiger partial charge in [0, 0.05) is 0 Å². The molecular weight excluding hydrogens is 128 g/mol. The Morgan fingerprint density at radius 3 is 1.44 bits per heavy atom. The maximum Gasteiger partial charge on any atom is 0.140 e. The number of hydrogen-bond acceptors (Lipinski definition) is 2. The fourth-order valence-electron chi connectivity index (χ4n) is 1.06. The Bertz CT molecular complexity index is 53.9. The summed E-state index contributed by atoms with van der Waals surface area (Å²) < 4.78 is 0. The standard InChI is InChI=1S/C6H18N2Si/c1-4-9(5-2,6-3)8-7/h8H,4-7H2,1-3H3. The van der Waals surface area contributed by atoms with Crippen LogP contribution in [0.2, 0.25) is 18.1 Å². The van der Waals surface area contributed by atoms with Gasteiger partial charge in [-0.3, -0.25) is 10.9 Å². The van der Waals surface area contributed by atoms with Crippen LogP contribution in [0.4, 0.5) is 0 Å². The average molecular weight is 146 g/mol. The number of hydrazine groups is 1. The lowest BCUT2D eigenvalue weighted by atomic mass is 10.9. The fraction of sp³-hybridized carbons (Fsp3) is 1.00. The van der Waals surface area contributed by atoms with Crippen LogP contribution in [0.25, 0.3) is 0 Å². The van der Waals surface area contributed by atoms with Crippen molar-refractivity contribution in [2.45, 2.75) is 38.9 Å². The summed E-state index contributed by atoms with van der Waals surface area (Å²) in [6.45, 7) is 6.66. The van der Waals surface area contributed by atoms with E-state index >= 15 is 0 Å². The molecule has 0 aromatic heterocycles. The lowest BCUT2D eigenvalue weighted by molar-refractivity contribution is 0.943. The van der Waals surface area contributed by atoms with Crippen molar-refractivity contribution in [2.75, 3.05) is 0 Å². The molecular formula is C6H18N2Si. The summed E-state index contributed by atoms with van der Waals surface area (Å²) in [5.41, 5.74) is 0. The number of nitrogens with one attached hydrogen (secondary N) is 1. The van der Waals surface area contributed by atoms with Crippen LogP contribution in [0.1, 0.15) is 20.8 Å². The largest absolute Gasteiger partial charge is 0.281 e. The molecule has 0 aliphatic carbocycles. The Labute approximate surface area is 58.9 Å². The zero-order valence-corrected chi connectivity index (χ0v) is 7.70. The summed E-state index contributed by atoms with van der Waals surface area (Å²) in [6.07, 6.45) is 0. The molecule has 0 aromatic carbocycles. The Morgan fingerprint density at radius 2 is 1.44 bits per heavy atom. The molecule has 9 heavy (non-hydrogen) atoms. The Morgan fingerprint density at radius 1 is 1.11 bits per heavy atom. The van der Waals surface area contributed by atoms with Gasteiger partial charge in [0.05, 0.1) is 0 Å². The Kier molecular flexibility index (Phi) is 4.09. The highest BCUT2D eigenvalue weighted by Crippen LogP contribution is 2.14. The Hall–Kier alpha value is 0.137. The van der Waals surface area contributed by atoms with Crippen molar-refractivity contribution in [1.82, 2.24) is 5.09 Å². The second-order valence-electron chi connectivity index (χ2n) is 2.49. The lowest BCUT2D eigenvalue weighted by Crippen LogP contribution is -2.52. The van der Waals surface area contributed by atoms with E-state index in [0.29, 0.717) is 0 Å². The highest BCUT2D eigenvalue weighted by Gasteiger charge is 2.24. The number of nitrogens with two attached hydrogens (primary N) is 1. The van der Waals surface area contributed by atoms with Gasteiger partial charge in [0.25, 0.3) is 0 Å². The third-order valence-electron chi connectivity index (χ3n) is 2.34. The molecule has 3 N–H and O–H groups in total. The normalized spacial score (nSPS) is 12.0. The molecule has 0 spiro atoms. The van der Waals surface area contributed by atoms with Gasteiger partial charge in [-0.2, -0.15) is 0 Å². The van der Waals surface area contributed by atoms with Crippen molar-refractivity contribution in [3.05, 3.63) is 0 Å². The monoisotopic (exact) mass is 146 g/mol. The van der Waals surface area contributed by atoms with Crippen molar-refractivity contribution in [3.63, 3.8) is 0 Å². The summed E-state index contributed by atoms with van der Waals surface area (Å²) in [7, 11) is -1.16. The highest BCUT2D eigenvalue weighted by molar-refractivity contribution is 6.77. The van der Waals surface area contributed by atoms with Crippen LogP contribution in [-0.4, -0.2) is 8.24 Å². The fourth-order valence-corrected chi connectivity index (χ4v) is 3.17. The molecule has 0 saturated heterocycles. The molecule has 0 aromatic rings. The lowest BCUT2D eigenvalue weighted by Gasteiger charge is -2.25. The first-order chi connectivity index (χ1) is 4.24. The quantitative estimate of drug-likeness (QED) is 0.358. The molecule has 0 amide bonds. The van der Waals surface area contributed by atoms with Crippen LogP contribution in [0.3, 0.4) is 0 Å². The van der Waals surface area contributed by atoms with E-state index in [1.807, 2.05) is 0 Å². The van der Waals surface area contributed by atoms with Gasteiger partial charge in [-0.25, -0.2) is 0 Å². The molecule has 0 unspecified atom stereocenters. The summed E-state index contributed by atoms with van der Waals surface area (Å²) in [5, 5.41) is 3.00. The van der Waals surface area contributed by atoms with Crippen LogP contribution in [0.15, 0.2) is 0 Å². The molecule has 0 heterocycles. The van der Waals surface area contributed by atoms with E-state index in [-0.39, 0.29) is 0 Å². The van der Waals surface area contributed by atoms with Crippen LogP contribution >= 0.6 is 0 Å². The minimum Gasteiger partial charge on any atom is -0.281 e. The first-order valence-electron chi connectivity index (χ1n) is 3.72. The van der Waals surface area contributed by atoms with E-state index in [0.717, 1.165) is 0 Å². The second-order valence-corrected chi connectivity index (χ2v) is 7.46. The van der Waals surface area contributed by atoms with E-state index in [1.54, 1.807) is 0 Å². The van der Waals surface area contributed by atoms with E-state index < -0.39 is 8.24 Å². The molecule has 0 atom stereocenters. The van der Waals surface area contributed by atoms with E-state index in [2.05, 4.69) is 25.9 Å². The van der Waals surface area contributed by atoms with Crippen molar-refractivity contribution < 1.29 is 0 Å². The maximum absolute atomic E-state index is 5.45. The van der Waals surface area contributed by atoms with Crippen molar-refractivity contribution in [1.29, 1.82) is 0 Å². The molecule has 0 saturated carbocycles. The van der Waals surface area contributed by atoms with Gasteiger partial charge in [-0.15, -0.1) is 0 Å². The van der Waals surface area contributed by atoms with Gasteiger partial charge >= 0.3 is 0 Å². The first-order valence-corrected chi connectivity index (χ1v) is 6.34. The zero-order valence-electron chi connectivity index (χ0n) is 6.70. The van der Waals surface area contributed by atoms with Gasteiger partial charge in [-0.05, 0) is 18.1 Å². The molecule has 2 nitrogen and oxygen atoms in total. The molecule has 0 rings (SSSR count). The summed E-state index contributed by atoms with van der Waals surface area (Å²) in [6, 6.07) is 3.74. The summed E-state index contributed by atoms with van der Waals surface area (Å²) in [4.78, 5) is 0. The molecule has 0 aliphatic heterocycles. The minimum absolute atomic E-state index is 1.16. The van der Waals surface area contributed by atoms with Gasteiger partial charge in [0.15, 0.2) is 0 Å². The number of rotatable bonds is 4. The van der Waals surface area contributed by atoms with Crippen LogP contribution in [0.5, 0.6) is 0 Å². The Balaban J connectivity index is 3.82. The SMILES string of the molecule is CC[Si](CC)(CC)NN. The van der Waals surface area contributed by atoms with Gasteiger partial charge < -0.3 is 0 Å². The molecule has 0 radical (unpaired) electrons.